The lowest BCUT2D eigenvalue weighted by molar-refractivity contribution is -0.141. The average molecular weight is 311 g/mol. The van der Waals surface area contributed by atoms with E-state index in [1.165, 1.54) is 0 Å². The molecule has 0 spiro atoms. The number of amides is 1. The molecule has 1 amide bonds. The molecule has 1 aliphatic rings. The van der Waals surface area contributed by atoms with Crippen LogP contribution in [0.25, 0.3) is 0 Å². The minimum Gasteiger partial charge on any atom is -0.465 e. The van der Waals surface area contributed by atoms with Crippen LogP contribution in [0.1, 0.15) is 12.8 Å². The average Bonchev–Trinajstić information content (AvgIpc) is 2.84. The number of hydrogen-bond acceptors (Lipinski definition) is 4. The van der Waals surface area contributed by atoms with E-state index in [0.29, 0.717) is 18.2 Å². The summed E-state index contributed by atoms with van der Waals surface area (Å²) in [6.45, 7) is 1.49. The van der Waals surface area contributed by atoms with Crippen molar-refractivity contribution < 1.29 is 14.3 Å². The van der Waals surface area contributed by atoms with Gasteiger partial charge < -0.3 is 10.1 Å². The van der Waals surface area contributed by atoms with E-state index in [1.54, 1.807) is 24.3 Å². The maximum absolute atomic E-state index is 11.9. The summed E-state index contributed by atoms with van der Waals surface area (Å²) in [5, 5.41) is 3.44. The number of rotatable bonds is 6. The van der Waals surface area contributed by atoms with Gasteiger partial charge in [0, 0.05) is 10.7 Å². The van der Waals surface area contributed by atoms with E-state index in [2.05, 4.69) is 5.32 Å². The third-order valence-electron chi connectivity index (χ3n) is 3.44. The Morgan fingerprint density at radius 3 is 2.76 bits per heavy atom. The lowest BCUT2D eigenvalue weighted by atomic mass is 10.0. The Balaban J connectivity index is 1.71. The normalized spacial score (nSPS) is 17.9. The standard InChI is InChI=1S/C15H19ClN2O3/c1-18(8-6-11-7-9-21-15(11)20)10-14(19)17-13-4-2-12(16)3-5-13/h2-5,11H,6-10H2,1H3,(H,17,19). The Hall–Kier alpha value is -1.59. The first kappa shape index (κ1) is 15.8. The van der Waals surface area contributed by atoms with Crippen LogP contribution in [-0.2, 0) is 14.3 Å². The molecule has 6 heteroatoms. The molecular formula is C15H19ClN2O3. The van der Waals surface area contributed by atoms with Gasteiger partial charge in [0.15, 0.2) is 0 Å². The van der Waals surface area contributed by atoms with Gasteiger partial charge in [0.2, 0.25) is 5.91 Å². The highest BCUT2D eigenvalue weighted by Crippen LogP contribution is 2.18. The molecule has 0 saturated carbocycles. The number of carbonyl (C=O) groups is 2. The number of esters is 1. The molecule has 1 fully saturated rings. The van der Waals surface area contributed by atoms with Crippen LogP contribution in [0.15, 0.2) is 24.3 Å². The highest BCUT2D eigenvalue weighted by atomic mass is 35.5. The van der Waals surface area contributed by atoms with Crippen molar-refractivity contribution in [1.29, 1.82) is 0 Å². The summed E-state index contributed by atoms with van der Waals surface area (Å²) >= 11 is 5.79. The van der Waals surface area contributed by atoms with Gasteiger partial charge in [-0.15, -0.1) is 0 Å². The molecule has 0 aromatic heterocycles. The fraction of sp³-hybridized carbons (Fsp3) is 0.467. The second kappa shape index (κ2) is 7.43. The Labute approximate surface area is 129 Å². The molecule has 1 aromatic carbocycles. The number of nitrogens with zero attached hydrogens (tertiary/aromatic N) is 1. The Morgan fingerprint density at radius 1 is 1.43 bits per heavy atom. The van der Waals surface area contributed by atoms with Crippen molar-refractivity contribution >= 4 is 29.2 Å². The molecular weight excluding hydrogens is 292 g/mol. The van der Waals surface area contributed by atoms with E-state index < -0.39 is 0 Å². The molecule has 114 valence electrons. The zero-order valence-corrected chi connectivity index (χ0v) is 12.7. The van der Waals surface area contributed by atoms with Crippen LogP contribution < -0.4 is 5.32 Å². The number of carbonyl (C=O) groups excluding carboxylic acids is 2. The summed E-state index contributed by atoms with van der Waals surface area (Å²) < 4.78 is 4.92. The third-order valence-corrected chi connectivity index (χ3v) is 3.70. The number of benzene rings is 1. The van der Waals surface area contributed by atoms with Crippen molar-refractivity contribution in [3.05, 3.63) is 29.3 Å². The lowest BCUT2D eigenvalue weighted by Crippen LogP contribution is -2.32. The van der Waals surface area contributed by atoms with Crippen LogP contribution in [0.4, 0.5) is 5.69 Å². The van der Waals surface area contributed by atoms with E-state index in [-0.39, 0.29) is 24.3 Å². The van der Waals surface area contributed by atoms with Crippen LogP contribution in [0.3, 0.4) is 0 Å². The molecule has 1 atom stereocenters. The van der Waals surface area contributed by atoms with Gasteiger partial charge in [-0.2, -0.15) is 0 Å². The molecule has 1 saturated heterocycles. The molecule has 0 aliphatic carbocycles. The summed E-state index contributed by atoms with van der Waals surface area (Å²) in [6, 6.07) is 6.97. The maximum Gasteiger partial charge on any atom is 0.309 e. The zero-order valence-electron chi connectivity index (χ0n) is 12.0. The maximum atomic E-state index is 11.9. The minimum absolute atomic E-state index is 0.0215. The van der Waals surface area contributed by atoms with Gasteiger partial charge in [0.25, 0.3) is 0 Å². The van der Waals surface area contributed by atoms with E-state index in [0.717, 1.165) is 18.5 Å². The Kier molecular flexibility index (Phi) is 5.59. The molecule has 1 N–H and O–H groups in total. The van der Waals surface area contributed by atoms with E-state index in [4.69, 9.17) is 16.3 Å². The van der Waals surface area contributed by atoms with Crippen LogP contribution in [0.5, 0.6) is 0 Å². The predicted octanol–water partition coefficient (Wildman–Crippen LogP) is 2.16. The molecule has 5 nitrogen and oxygen atoms in total. The quantitative estimate of drug-likeness (QED) is 0.818. The van der Waals surface area contributed by atoms with Crippen molar-refractivity contribution in [2.24, 2.45) is 5.92 Å². The van der Waals surface area contributed by atoms with Gasteiger partial charge in [-0.3, -0.25) is 14.5 Å². The molecule has 1 aliphatic heterocycles. The Bertz CT molecular complexity index is 504. The fourth-order valence-corrected chi connectivity index (χ4v) is 2.36. The van der Waals surface area contributed by atoms with E-state index >= 15 is 0 Å². The van der Waals surface area contributed by atoms with Gasteiger partial charge in [0.05, 0.1) is 19.1 Å². The summed E-state index contributed by atoms with van der Waals surface area (Å²) in [5.41, 5.74) is 0.720. The van der Waals surface area contributed by atoms with Crippen LogP contribution in [0, 0.1) is 5.92 Å². The van der Waals surface area contributed by atoms with Crippen molar-refractivity contribution in [3.63, 3.8) is 0 Å². The number of halogens is 1. The van der Waals surface area contributed by atoms with Crippen LogP contribution in [-0.4, -0.2) is 43.5 Å². The molecule has 1 unspecified atom stereocenters. The molecule has 0 radical (unpaired) electrons. The number of cyclic esters (lactones) is 1. The smallest absolute Gasteiger partial charge is 0.309 e. The number of ether oxygens (including phenoxy) is 1. The highest BCUT2D eigenvalue weighted by Gasteiger charge is 2.26. The first-order valence-corrected chi connectivity index (χ1v) is 7.33. The number of likely N-dealkylation sites (N-methyl/N-ethyl adjacent to an activating group) is 1. The first-order valence-electron chi connectivity index (χ1n) is 6.95. The molecule has 1 heterocycles. The van der Waals surface area contributed by atoms with E-state index in [9.17, 15) is 9.59 Å². The molecule has 21 heavy (non-hydrogen) atoms. The second-order valence-electron chi connectivity index (χ2n) is 5.23. The van der Waals surface area contributed by atoms with Gasteiger partial charge in [-0.25, -0.2) is 0 Å². The fourth-order valence-electron chi connectivity index (χ4n) is 2.23. The second-order valence-corrected chi connectivity index (χ2v) is 5.67. The van der Waals surface area contributed by atoms with Crippen molar-refractivity contribution in [3.8, 4) is 0 Å². The predicted molar refractivity (Wildman–Crippen MR) is 81.3 cm³/mol. The van der Waals surface area contributed by atoms with E-state index in [1.807, 2.05) is 11.9 Å². The SMILES string of the molecule is CN(CCC1CCOC1=O)CC(=O)Nc1ccc(Cl)cc1. The van der Waals surface area contributed by atoms with Crippen LogP contribution in [0.2, 0.25) is 5.02 Å². The number of hydrogen-bond donors (Lipinski definition) is 1. The zero-order chi connectivity index (χ0) is 15.2. The topological polar surface area (TPSA) is 58.6 Å². The van der Waals surface area contributed by atoms with Gasteiger partial charge in [0.1, 0.15) is 0 Å². The minimum atomic E-state index is -0.117. The summed E-state index contributed by atoms with van der Waals surface area (Å²) in [7, 11) is 1.86. The first-order chi connectivity index (χ1) is 10.0. The monoisotopic (exact) mass is 310 g/mol. The summed E-state index contributed by atoms with van der Waals surface area (Å²) in [4.78, 5) is 25.1. The number of anilines is 1. The van der Waals surface area contributed by atoms with Gasteiger partial charge >= 0.3 is 5.97 Å². The largest absolute Gasteiger partial charge is 0.465 e. The Morgan fingerprint density at radius 2 is 2.14 bits per heavy atom. The van der Waals surface area contributed by atoms with Crippen molar-refractivity contribution in [2.45, 2.75) is 12.8 Å². The molecule has 2 rings (SSSR count). The van der Waals surface area contributed by atoms with Crippen LogP contribution >= 0.6 is 11.6 Å². The third kappa shape index (κ3) is 5.02. The van der Waals surface area contributed by atoms with Crippen molar-refractivity contribution in [2.75, 3.05) is 32.1 Å². The number of nitrogens with one attached hydrogen (secondary N) is 1. The lowest BCUT2D eigenvalue weighted by Gasteiger charge is -2.17. The highest BCUT2D eigenvalue weighted by molar-refractivity contribution is 6.30. The summed E-state index contributed by atoms with van der Waals surface area (Å²) in [5.74, 6) is -0.227. The molecule has 1 aromatic rings. The summed E-state index contributed by atoms with van der Waals surface area (Å²) in [6.07, 6.45) is 1.51. The molecule has 0 bridgehead atoms. The van der Waals surface area contributed by atoms with Crippen molar-refractivity contribution in [1.82, 2.24) is 4.90 Å². The van der Waals surface area contributed by atoms with Gasteiger partial charge in [-0.1, -0.05) is 11.6 Å². The van der Waals surface area contributed by atoms with Gasteiger partial charge in [-0.05, 0) is 50.7 Å².